The van der Waals surface area contributed by atoms with Gasteiger partial charge in [0.05, 0.1) is 5.69 Å². The van der Waals surface area contributed by atoms with E-state index in [0.717, 1.165) is 37.7 Å². The van der Waals surface area contributed by atoms with Gasteiger partial charge >= 0.3 is 0 Å². The smallest absolute Gasteiger partial charge is 0.151 e. The maximum Gasteiger partial charge on any atom is 0.151 e. The van der Waals surface area contributed by atoms with Crippen LogP contribution >= 0.6 is 0 Å². The van der Waals surface area contributed by atoms with E-state index < -0.39 is 0 Å². The van der Waals surface area contributed by atoms with Gasteiger partial charge in [0.2, 0.25) is 0 Å². The molecule has 5 nitrogen and oxygen atoms in total. The van der Waals surface area contributed by atoms with Crippen LogP contribution in [0.5, 0.6) is 0 Å². The summed E-state index contributed by atoms with van der Waals surface area (Å²) in [5.74, 6) is 1.02. The van der Waals surface area contributed by atoms with Crippen molar-refractivity contribution < 1.29 is 0 Å². The second kappa shape index (κ2) is 6.82. The van der Waals surface area contributed by atoms with Crippen LogP contribution < -0.4 is 10.2 Å². The highest BCUT2D eigenvalue weighted by molar-refractivity contribution is 5.40. The zero-order chi connectivity index (χ0) is 13.7. The molecular formula is C14H25N5. The standard InChI is InChI=1S/C14H25N5/c1-4-15-10-12-7-8-14(17-16-12)19-9-5-6-13(19)11-18(2)3/h7-8,13,15H,4-6,9-11H2,1-3H3. The summed E-state index contributed by atoms with van der Waals surface area (Å²) >= 11 is 0. The lowest BCUT2D eigenvalue weighted by Crippen LogP contribution is -2.38. The van der Waals surface area contributed by atoms with Crippen LogP contribution in [0.1, 0.15) is 25.5 Å². The van der Waals surface area contributed by atoms with E-state index in [-0.39, 0.29) is 0 Å². The highest BCUT2D eigenvalue weighted by atomic mass is 15.3. The molecule has 1 unspecified atom stereocenters. The Labute approximate surface area is 116 Å². The summed E-state index contributed by atoms with van der Waals surface area (Å²) in [6, 6.07) is 4.76. The van der Waals surface area contributed by atoms with Crippen molar-refractivity contribution in [1.29, 1.82) is 0 Å². The lowest BCUT2D eigenvalue weighted by molar-refractivity contribution is 0.371. The molecule has 106 valence electrons. The van der Waals surface area contributed by atoms with Crippen molar-refractivity contribution in [3.05, 3.63) is 17.8 Å². The molecule has 1 N–H and O–H groups in total. The molecule has 0 amide bonds. The average Bonchev–Trinajstić information content (AvgIpc) is 2.84. The Morgan fingerprint density at radius 2 is 2.21 bits per heavy atom. The number of hydrogen-bond acceptors (Lipinski definition) is 5. The molecule has 1 aliphatic rings. The Morgan fingerprint density at radius 3 is 2.84 bits per heavy atom. The molecule has 0 bridgehead atoms. The van der Waals surface area contributed by atoms with Crippen molar-refractivity contribution in [3.8, 4) is 0 Å². The molecule has 2 heterocycles. The van der Waals surface area contributed by atoms with E-state index in [9.17, 15) is 0 Å². The molecule has 0 spiro atoms. The largest absolute Gasteiger partial charge is 0.351 e. The number of nitrogens with zero attached hydrogens (tertiary/aromatic N) is 4. The summed E-state index contributed by atoms with van der Waals surface area (Å²) in [6.45, 7) is 6.03. The number of likely N-dealkylation sites (N-methyl/N-ethyl adjacent to an activating group) is 1. The Bertz CT molecular complexity index is 376. The third-order valence-electron chi connectivity index (χ3n) is 3.51. The molecule has 1 atom stereocenters. The maximum atomic E-state index is 4.39. The van der Waals surface area contributed by atoms with Crippen LogP contribution in [0.3, 0.4) is 0 Å². The first-order valence-corrected chi connectivity index (χ1v) is 7.15. The van der Waals surface area contributed by atoms with Gasteiger partial charge in [0.15, 0.2) is 5.82 Å². The van der Waals surface area contributed by atoms with E-state index in [2.05, 4.69) is 58.5 Å². The first kappa shape index (κ1) is 14.2. The summed E-state index contributed by atoms with van der Waals surface area (Å²) in [7, 11) is 4.25. The topological polar surface area (TPSA) is 44.3 Å². The van der Waals surface area contributed by atoms with Crippen molar-refractivity contribution in [3.63, 3.8) is 0 Å². The van der Waals surface area contributed by atoms with Crippen molar-refractivity contribution in [2.45, 2.75) is 32.4 Å². The van der Waals surface area contributed by atoms with E-state index in [0.29, 0.717) is 6.04 Å². The predicted octanol–water partition coefficient (Wildman–Crippen LogP) is 1.12. The monoisotopic (exact) mass is 263 g/mol. The summed E-state index contributed by atoms with van der Waals surface area (Å²) in [4.78, 5) is 4.64. The number of nitrogens with one attached hydrogen (secondary N) is 1. The highest BCUT2D eigenvalue weighted by Gasteiger charge is 2.26. The van der Waals surface area contributed by atoms with Crippen molar-refractivity contribution in [2.75, 3.05) is 38.6 Å². The maximum absolute atomic E-state index is 4.39. The van der Waals surface area contributed by atoms with Crippen LogP contribution in [0.2, 0.25) is 0 Å². The fourth-order valence-corrected chi connectivity index (χ4v) is 2.60. The lowest BCUT2D eigenvalue weighted by atomic mass is 10.2. The molecule has 1 saturated heterocycles. The Hall–Kier alpha value is -1.20. The van der Waals surface area contributed by atoms with Gasteiger partial charge in [0.1, 0.15) is 0 Å². The first-order chi connectivity index (χ1) is 9.20. The van der Waals surface area contributed by atoms with Crippen LogP contribution in [-0.2, 0) is 6.54 Å². The SMILES string of the molecule is CCNCc1ccc(N2CCCC2CN(C)C)nn1. The average molecular weight is 263 g/mol. The fourth-order valence-electron chi connectivity index (χ4n) is 2.60. The fraction of sp³-hybridized carbons (Fsp3) is 0.714. The first-order valence-electron chi connectivity index (χ1n) is 7.15. The minimum Gasteiger partial charge on any atom is -0.351 e. The number of rotatable bonds is 6. The van der Waals surface area contributed by atoms with Gasteiger partial charge in [0.25, 0.3) is 0 Å². The summed E-state index contributed by atoms with van der Waals surface area (Å²) < 4.78 is 0. The summed E-state index contributed by atoms with van der Waals surface area (Å²) in [6.07, 6.45) is 2.50. The van der Waals surface area contributed by atoms with E-state index in [1.807, 2.05) is 0 Å². The molecule has 0 aliphatic carbocycles. The highest BCUT2D eigenvalue weighted by Crippen LogP contribution is 2.23. The lowest BCUT2D eigenvalue weighted by Gasteiger charge is -2.27. The van der Waals surface area contributed by atoms with Gasteiger partial charge in [-0.3, -0.25) is 0 Å². The molecule has 1 aliphatic heterocycles. The molecular weight excluding hydrogens is 238 g/mol. The third-order valence-corrected chi connectivity index (χ3v) is 3.51. The van der Waals surface area contributed by atoms with Crippen LogP contribution in [-0.4, -0.2) is 54.9 Å². The van der Waals surface area contributed by atoms with Gasteiger partial charge in [-0.15, -0.1) is 5.10 Å². The van der Waals surface area contributed by atoms with Crippen molar-refractivity contribution in [1.82, 2.24) is 20.4 Å². The molecule has 0 aromatic carbocycles. The van der Waals surface area contributed by atoms with Crippen molar-refractivity contribution in [2.24, 2.45) is 0 Å². The van der Waals surface area contributed by atoms with Gasteiger partial charge in [-0.25, -0.2) is 0 Å². The molecule has 1 aromatic rings. The second-order valence-electron chi connectivity index (χ2n) is 5.41. The van der Waals surface area contributed by atoms with Gasteiger partial charge in [-0.05, 0) is 45.6 Å². The second-order valence-corrected chi connectivity index (χ2v) is 5.41. The number of hydrogen-bond donors (Lipinski definition) is 1. The Morgan fingerprint density at radius 1 is 1.37 bits per heavy atom. The van der Waals surface area contributed by atoms with Gasteiger partial charge in [0, 0.05) is 25.7 Å². The molecule has 1 fully saturated rings. The van der Waals surface area contributed by atoms with E-state index in [1.54, 1.807) is 0 Å². The van der Waals surface area contributed by atoms with Crippen LogP contribution in [0, 0.1) is 0 Å². The Kier molecular flexibility index (Phi) is 5.10. The number of anilines is 1. The number of aromatic nitrogens is 2. The molecule has 0 saturated carbocycles. The minimum atomic E-state index is 0.573. The third kappa shape index (κ3) is 3.88. The van der Waals surface area contributed by atoms with Gasteiger partial charge < -0.3 is 15.1 Å². The zero-order valence-electron chi connectivity index (χ0n) is 12.3. The van der Waals surface area contributed by atoms with Gasteiger partial charge in [-0.2, -0.15) is 5.10 Å². The van der Waals surface area contributed by atoms with E-state index >= 15 is 0 Å². The van der Waals surface area contributed by atoms with Crippen LogP contribution in [0.25, 0.3) is 0 Å². The summed E-state index contributed by atoms with van der Waals surface area (Å²) in [5, 5.41) is 12.0. The molecule has 19 heavy (non-hydrogen) atoms. The van der Waals surface area contributed by atoms with Gasteiger partial charge in [-0.1, -0.05) is 6.92 Å². The summed E-state index contributed by atoms with van der Waals surface area (Å²) in [5.41, 5.74) is 1.01. The molecule has 2 rings (SSSR count). The van der Waals surface area contributed by atoms with Crippen molar-refractivity contribution >= 4 is 5.82 Å². The van der Waals surface area contributed by atoms with E-state index in [4.69, 9.17) is 0 Å². The normalized spacial score (nSPS) is 19.4. The molecule has 1 aromatic heterocycles. The van der Waals surface area contributed by atoms with E-state index in [1.165, 1.54) is 12.8 Å². The predicted molar refractivity (Wildman–Crippen MR) is 78.3 cm³/mol. The molecule has 5 heteroatoms. The Balaban J connectivity index is 2.00. The minimum absolute atomic E-state index is 0.573. The zero-order valence-corrected chi connectivity index (χ0v) is 12.3. The van der Waals surface area contributed by atoms with Crippen LogP contribution in [0.15, 0.2) is 12.1 Å². The quantitative estimate of drug-likeness (QED) is 0.833. The molecule has 0 radical (unpaired) electrons. The van der Waals surface area contributed by atoms with Crippen LogP contribution in [0.4, 0.5) is 5.82 Å².